The Morgan fingerprint density at radius 1 is 1.62 bits per heavy atom. The average Bonchev–Trinajstić information content (AvgIpc) is 2.01. The standard InChI is InChI=1S/C9H11ClN2O/c1-9(13)5-12(6-9)8-2-3-11-4-7(8)10/h2-4,13H,5-6H2,1H3. The second kappa shape index (κ2) is 2.86. The Balaban J connectivity index is 2.16. The molecular formula is C9H11ClN2O. The molecule has 0 bridgehead atoms. The molecule has 0 unspecified atom stereocenters. The molecule has 2 rings (SSSR count). The van der Waals surface area contributed by atoms with Crippen LogP contribution in [0, 0.1) is 0 Å². The Kier molecular flexibility index (Phi) is 1.93. The molecule has 1 aliphatic heterocycles. The van der Waals surface area contributed by atoms with Gasteiger partial charge >= 0.3 is 0 Å². The van der Waals surface area contributed by atoms with Crippen molar-refractivity contribution in [2.75, 3.05) is 18.0 Å². The molecule has 4 heteroatoms. The van der Waals surface area contributed by atoms with Crippen LogP contribution in [0.5, 0.6) is 0 Å². The van der Waals surface area contributed by atoms with Crippen molar-refractivity contribution in [1.82, 2.24) is 4.98 Å². The normalized spacial score (nSPS) is 19.8. The Labute approximate surface area is 82.0 Å². The van der Waals surface area contributed by atoms with Gasteiger partial charge in [-0.1, -0.05) is 11.6 Å². The molecular weight excluding hydrogens is 188 g/mol. The number of rotatable bonds is 1. The van der Waals surface area contributed by atoms with E-state index in [9.17, 15) is 5.11 Å². The smallest absolute Gasteiger partial charge is 0.0967 e. The van der Waals surface area contributed by atoms with Crippen LogP contribution >= 0.6 is 11.6 Å². The minimum atomic E-state index is -0.563. The lowest BCUT2D eigenvalue weighted by Crippen LogP contribution is -2.60. The Bertz CT molecular complexity index is 319. The molecule has 2 heterocycles. The largest absolute Gasteiger partial charge is 0.386 e. The van der Waals surface area contributed by atoms with Gasteiger partial charge in [0, 0.05) is 25.5 Å². The molecule has 1 saturated heterocycles. The first-order valence-electron chi connectivity index (χ1n) is 4.15. The van der Waals surface area contributed by atoms with Gasteiger partial charge in [0.2, 0.25) is 0 Å². The van der Waals surface area contributed by atoms with Crippen LogP contribution in [0.25, 0.3) is 0 Å². The van der Waals surface area contributed by atoms with Crippen LogP contribution in [0.3, 0.4) is 0 Å². The van der Waals surface area contributed by atoms with Crippen molar-refractivity contribution in [2.45, 2.75) is 12.5 Å². The predicted octanol–water partition coefficient (Wildman–Crippen LogP) is 1.31. The van der Waals surface area contributed by atoms with Crippen LogP contribution in [0.4, 0.5) is 5.69 Å². The molecule has 0 aliphatic carbocycles. The summed E-state index contributed by atoms with van der Waals surface area (Å²) in [6.07, 6.45) is 3.32. The number of hydrogen-bond acceptors (Lipinski definition) is 3. The molecule has 1 N–H and O–H groups in total. The summed E-state index contributed by atoms with van der Waals surface area (Å²) >= 11 is 5.94. The summed E-state index contributed by atoms with van der Waals surface area (Å²) in [5.74, 6) is 0. The van der Waals surface area contributed by atoms with Crippen LogP contribution in [0.15, 0.2) is 18.5 Å². The quantitative estimate of drug-likeness (QED) is 0.739. The van der Waals surface area contributed by atoms with Gasteiger partial charge in [0.05, 0.1) is 16.3 Å². The molecule has 1 aromatic heterocycles. The van der Waals surface area contributed by atoms with Crippen molar-refractivity contribution in [2.24, 2.45) is 0 Å². The van der Waals surface area contributed by atoms with Gasteiger partial charge in [-0.05, 0) is 13.0 Å². The summed E-state index contributed by atoms with van der Waals surface area (Å²) in [6.45, 7) is 3.09. The molecule has 0 amide bonds. The van der Waals surface area contributed by atoms with Crippen LogP contribution < -0.4 is 4.90 Å². The van der Waals surface area contributed by atoms with Gasteiger partial charge in [-0.15, -0.1) is 0 Å². The molecule has 0 radical (unpaired) electrons. The maximum atomic E-state index is 9.54. The van der Waals surface area contributed by atoms with Crippen molar-refractivity contribution >= 4 is 17.3 Å². The zero-order valence-corrected chi connectivity index (χ0v) is 8.12. The number of anilines is 1. The van der Waals surface area contributed by atoms with Crippen molar-refractivity contribution < 1.29 is 5.11 Å². The van der Waals surface area contributed by atoms with Crippen LogP contribution in [-0.4, -0.2) is 28.8 Å². The van der Waals surface area contributed by atoms with Gasteiger partial charge in [0.15, 0.2) is 0 Å². The van der Waals surface area contributed by atoms with Crippen molar-refractivity contribution in [3.8, 4) is 0 Å². The van der Waals surface area contributed by atoms with E-state index in [-0.39, 0.29) is 0 Å². The van der Waals surface area contributed by atoms with E-state index in [0.29, 0.717) is 18.1 Å². The first kappa shape index (κ1) is 8.78. The summed E-state index contributed by atoms with van der Waals surface area (Å²) in [4.78, 5) is 5.93. The Morgan fingerprint density at radius 2 is 2.31 bits per heavy atom. The maximum absolute atomic E-state index is 9.54. The number of halogens is 1. The molecule has 0 spiro atoms. The van der Waals surface area contributed by atoms with E-state index in [1.165, 1.54) is 0 Å². The summed E-state index contributed by atoms with van der Waals surface area (Å²) in [5, 5.41) is 10.2. The number of aliphatic hydroxyl groups is 1. The van der Waals surface area contributed by atoms with Gasteiger partial charge in [-0.3, -0.25) is 4.98 Å². The molecule has 1 aliphatic rings. The van der Waals surface area contributed by atoms with Crippen LogP contribution in [0.2, 0.25) is 5.02 Å². The average molecular weight is 199 g/mol. The van der Waals surface area contributed by atoms with Gasteiger partial charge in [0.1, 0.15) is 0 Å². The van der Waals surface area contributed by atoms with E-state index >= 15 is 0 Å². The molecule has 0 aromatic carbocycles. The fraction of sp³-hybridized carbons (Fsp3) is 0.444. The van der Waals surface area contributed by atoms with E-state index in [4.69, 9.17) is 11.6 Å². The highest BCUT2D eigenvalue weighted by Gasteiger charge is 2.37. The molecule has 0 atom stereocenters. The predicted molar refractivity (Wildman–Crippen MR) is 52.1 cm³/mol. The summed E-state index contributed by atoms with van der Waals surface area (Å²) in [7, 11) is 0. The summed E-state index contributed by atoms with van der Waals surface area (Å²) in [5.41, 5.74) is 0.385. The highest BCUT2D eigenvalue weighted by atomic mass is 35.5. The fourth-order valence-electron chi connectivity index (χ4n) is 1.57. The molecule has 13 heavy (non-hydrogen) atoms. The topological polar surface area (TPSA) is 36.4 Å². The third-order valence-electron chi connectivity index (χ3n) is 2.15. The zero-order chi connectivity index (χ0) is 9.47. The third-order valence-corrected chi connectivity index (χ3v) is 2.45. The monoisotopic (exact) mass is 198 g/mol. The number of hydrogen-bond donors (Lipinski definition) is 1. The SMILES string of the molecule is CC1(O)CN(c2ccncc2Cl)C1. The summed E-state index contributed by atoms with van der Waals surface area (Å²) in [6, 6.07) is 1.86. The highest BCUT2D eigenvalue weighted by molar-refractivity contribution is 6.33. The summed E-state index contributed by atoms with van der Waals surface area (Å²) < 4.78 is 0. The first-order chi connectivity index (χ1) is 6.08. The first-order valence-corrected chi connectivity index (χ1v) is 4.53. The molecule has 3 nitrogen and oxygen atoms in total. The maximum Gasteiger partial charge on any atom is 0.0967 e. The van der Waals surface area contributed by atoms with Crippen LogP contribution in [0.1, 0.15) is 6.92 Å². The minimum absolute atomic E-state index is 0.563. The molecule has 1 fully saturated rings. The minimum Gasteiger partial charge on any atom is -0.386 e. The Hall–Kier alpha value is -0.800. The molecule has 70 valence electrons. The lowest BCUT2D eigenvalue weighted by molar-refractivity contribution is 0.0310. The lowest BCUT2D eigenvalue weighted by Gasteiger charge is -2.45. The van der Waals surface area contributed by atoms with Gasteiger partial charge in [-0.25, -0.2) is 0 Å². The molecule has 1 aromatic rings. The van der Waals surface area contributed by atoms with E-state index in [1.54, 1.807) is 12.4 Å². The third kappa shape index (κ3) is 1.62. The second-order valence-electron chi connectivity index (χ2n) is 3.68. The molecule has 0 saturated carbocycles. The number of aromatic nitrogens is 1. The van der Waals surface area contributed by atoms with E-state index < -0.39 is 5.60 Å². The van der Waals surface area contributed by atoms with Crippen molar-refractivity contribution in [3.05, 3.63) is 23.5 Å². The lowest BCUT2D eigenvalue weighted by atomic mass is 9.96. The van der Waals surface area contributed by atoms with E-state index in [0.717, 1.165) is 5.69 Å². The fourth-order valence-corrected chi connectivity index (χ4v) is 1.81. The van der Waals surface area contributed by atoms with E-state index in [1.807, 2.05) is 17.9 Å². The number of pyridine rings is 1. The van der Waals surface area contributed by atoms with E-state index in [2.05, 4.69) is 4.98 Å². The van der Waals surface area contributed by atoms with Crippen molar-refractivity contribution in [1.29, 1.82) is 0 Å². The van der Waals surface area contributed by atoms with Gasteiger partial charge in [0.25, 0.3) is 0 Å². The zero-order valence-electron chi connectivity index (χ0n) is 7.37. The van der Waals surface area contributed by atoms with Crippen molar-refractivity contribution in [3.63, 3.8) is 0 Å². The highest BCUT2D eigenvalue weighted by Crippen LogP contribution is 2.31. The number of nitrogens with zero attached hydrogens (tertiary/aromatic N) is 2. The van der Waals surface area contributed by atoms with Crippen LogP contribution in [-0.2, 0) is 0 Å². The number of β-amino-alcohol motifs (C(OH)–C–C–N with tert-alkyl or cyclic N) is 1. The Morgan fingerprint density at radius 3 is 2.85 bits per heavy atom. The van der Waals surface area contributed by atoms with Gasteiger partial charge < -0.3 is 10.0 Å². The second-order valence-corrected chi connectivity index (χ2v) is 4.09. The van der Waals surface area contributed by atoms with Gasteiger partial charge in [-0.2, -0.15) is 0 Å².